The van der Waals surface area contributed by atoms with Gasteiger partial charge in [-0.3, -0.25) is 4.90 Å². The van der Waals surface area contributed by atoms with Crippen LogP contribution < -0.4 is 0 Å². The highest BCUT2D eigenvalue weighted by molar-refractivity contribution is 5.38. The number of nitrogens with zero attached hydrogens (tertiary/aromatic N) is 1. The second kappa shape index (κ2) is 5.90. The van der Waals surface area contributed by atoms with Gasteiger partial charge in [0.25, 0.3) is 0 Å². The highest BCUT2D eigenvalue weighted by atomic mass is 16.5. The SMILES string of the molecule is COC1CN(C(C)c2ccc(C)cc2O)CC1OC. The van der Waals surface area contributed by atoms with E-state index in [9.17, 15) is 5.11 Å². The number of methoxy groups -OCH3 is 2. The van der Waals surface area contributed by atoms with E-state index in [0.29, 0.717) is 5.75 Å². The van der Waals surface area contributed by atoms with Gasteiger partial charge in [0.15, 0.2) is 0 Å². The molecule has 0 amide bonds. The van der Waals surface area contributed by atoms with Gasteiger partial charge in [-0.05, 0) is 25.5 Å². The first-order valence-electron chi connectivity index (χ1n) is 6.66. The fourth-order valence-electron chi connectivity index (χ4n) is 2.74. The van der Waals surface area contributed by atoms with Gasteiger partial charge in [-0.2, -0.15) is 0 Å². The van der Waals surface area contributed by atoms with Gasteiger partial charge in [0.1, 0.15) is 5.75 Å². The van der Waals surface area contributed by atoms with Crippen LogP contribution in [0.5, 0.6) is 5.75 Å². The summed E-state index contributed by atoms with van der Waals surface area (Å²) in [6, 6.07) is 5.99. The maximum Gasteiger partial charge on any atom is 0.120 e. The first-order chi connectivity index (χ1) is 9.06. The fraction of sp³-hybridized carbons (Fsp3) is 0.600. The van der Waals surface area contributed by atoms with Crippen molar-refractivity contribution in [2.24, 2.45) is 0 Å². The van der Waals surface area contributed by atoms with E-state index < -0.39 is 0 Å². The summed E-state index contributed by atoms with van der Waals surface area (Å²) in [5.41, 5.74) is 2.02. The first kappa shape index (κ1) is 14.3. The minimum absolute atomic E-state index is 0.0973. The molecule has 0 bridgehead atoms. The Balaban J connectivity index is 2.14. The van der Waals surface area contributed by atoms with E-state index in [0.717, 1.165) is 24.2 Å². The largest absolute Gasteiger partial charge is 0.508 e. The molecule has 19 heavy (non-hydrogen) atoms. The maximum atomic E-state index is 10.1. The monoisotopic (exact) mass is 265 g/mol. The third-order valence-electron chi connectivity index (χ3n) is 4.03. The molecule has 1 heterocycles. The van der Waals surface area contributed by atoms with Crippen LogP contribution in [0.15, 0.2) is 18.2 Å². The Morgan fingerprint density at radius 2 is 1.79 bits per heavy atom. The number of phenols is 1. The zero-order valence-electron chi connectivity index (χ0n) is 12.1. The predicted octanol–water partition coefficient (Wildman–Crippen LogP) is 2.11. The summed E-state index contributed by atoms with van der Waals surface area (Å²) in [6.45, 7) is 5.73. The lowest BCUT2D eigenvalue weighted by molar-refractivity contribution is -0.00461. The van der Waals surface area contributed by atoms with Crippen LogP contribution in [-0.4, -0.2) is 49.5 Å². The molecule has 3 atom stereocenters. The second-order valence-corrected chi connectivity index (χ2v) is 5.24. The fourth-order valence-corrected chi connectivity index (χ4v) is 2.74. The molecule has 0 saturated carbocycles. The van der Waals surface area contributed by atoms with Gasteiger partial charge < -0.3 is 14.6 Å². The van der Waals surface area contributed by atoms with E-state index in [1.54, 1.807) is 14.2 Å². The molecule has 1 saturated heterocycles. The van der Waals surface area contributed by atoms with Crippen LogP contribution in [0.3, 0.4) is 0 Å². The van der Waals surface area contributed by atoms with Crippen molar-refractivity contribution in [1.82, 2.24) is 4.90 Å². The average Bonchev–Trinajstić information content (AvgIpc) is 2.81. The Bertz CT molecular complexity index is 423. The van der Waals surface area contributed by atoms with Gasteiger partial charge in [0, 0.05) is 38.9 Å². The van der Waals surface area contributed by atoms with E-state index >= 15 is 0 Å². The highest BCUT2D eigenvalue weighted by Crippen LogP contribution is 2.32. The van der Waals surface area contributed by atoms with E-state index in [1.165, 1.54) is 0 Å². The number of benzene rings is 1. The number of likely N-dealkylation sites (tertiary alicyclic amines) is 1. The van der Waals surface area contributed by atoms with Crippen LogP contribution in [0.1, 0.15) is 24.1 Å². The van der Waals surface area contributed by atoms with Crippen molar-refractivity contribution >= 4 is 0 Å². The topological polar surface area (TPSA) is 41.9 Å². The molecule has 1 N–H and O–H groups in total. The number of aromatic hydroxyl groups is 1. The quantitative estimate of drug-likeness (QED) is 0.905. The smallest absolute Gasteiger partial charge is 0.120 e. The number of hydrogen-bond donors (Lipinski definition) is 1. The molecule has 1 aliphatic rings. The van der Waals surface area contributed by atoms with Crippen molar-refractivity contribution in [3.8, 4) is 5.75 Å². The van der Waals surface area contributed by atoms with Gasteiger partial charge in [-0.1, -0.05) is 12.1 Å². The summed E-state index contributed by atoms with van der Waals surface area (Å²) in [4.78, 5) is 2.28. The lowest BCUT2D eigenvalue weighted by Crippen LogP contribution is -2.27. The minimum Gasteiger partial charge on any atom is -0.508 e. The van der Waals surface area contributed by atoms with Crippen molar-refractivity contribution in [2.45, 2.75) is 32.1 Å². The zero-order chi connectivity index (χ0) is 14.0. The first-order valence-corrected chi connectivity index (χ1v) is 6.66. The normalized spacial score (nSPS) is 25.7. The molecule has 1 aliphatic heterocycles. The van der Waals surface area contributed by atoms with Crippen LogP contribution in [-0.2, 0) is 9.47 Å². The number of aryl methyl sites for hydroxylation is 1. The Morgan fingerprint density at radius 3 is 2.26 bits per heavy atom. The third kappa shape index (κ3) is 2.91. The molecular weight excluding hydrogens is 242 g/mol. The van der Waals surface area contributed by atoms with E-state index in [4.69, 9.17) is 9.47 Å². The van der Waals surface area contributed by atoms with Crippen LogP contribution in [0.2, 0.25) is 0 Å². The highest BCUT2D eigenvalue weighted by Gasteiger charge is 2.36. The summed E-state index contributed by atoms with van der Waals surface area (Å²) in [5.74, 6) is 0.363. The van der Waals surface area contributed by atoms with E-state index in [2.05, 4.69) is 11.8 Å². The van der Waals surface area contributed by atoms with Gasteiger partial charge in [-0.15, -0.1) is 0 Å². The molecule has 1 aromatic rings. The van der Waals surface area contributed by atoms with Crippen molar-refractivity contribution in [1.29, 1.82) is 0 Å². The van der Waals surface area contributed by atoms with Gasteiger partial charge in [0.2, 0.25) is 0 Å². The predicted molar refractivity (Wildman–Crippen MR) is 74.4 cm³/mol. The lowest BCUT2D eigenvalue weighted by atomic mass is 10.0. The summed E-state index contributed by atoms with van der Waals surface area (Å²) < 4.78 is 10.9. The molecule has 1 aromatic carbocycles. The number of rotatable bonds is 4. The lowest BCUT2D eigenvalue weighted by Gasteiger charge is -2.25. The molecule has 0 spiro atoms. The van der Waals surface area contributed by atoms with Crippen LogP contribution in [0.25, 0.3) is 0 Å². The Morgan fingerprint density at radius 1 is 1.21 bits per heavy atom. The van der Waals surface area contributed by atoms with Gasteiger partial charge >= 0.3 is 0 Å². The Kier molecular flexibility index (Phi) is 4.45. The maximum absolute atomic E-state index is 10.1. The molecular formula is C15H23NO3. The molecule has 0 radical (unpaired) electrons. The Hall–Kier alpha value is -1.10. The van der Waals surface area contributed by atoms with Crippen molar-refractivity contribution in [3.63, 3.8) is 0 Å². The standard InChI is InChI=1S/C15H23NO3/c1-10-5-6-12(13(17)7-10)11(2)16-8-14(18-3)15(9-16)19-4/h5-7,11,14-15,17H,8-9H2,1-4H3. The van der Waals surface area contributed by atoms with E-state index in [-0.39, 0.29) is 18.2 Å². The molecule has 3 unspecified atom stereocenters. The Labute approximate surface area is 114 Å². The van der Waals surface area contributed by atoms with Crippen LogP contribution in [0, 0.1) is 6.92 Å². The summed E-state index contributed by atoms with van der Waals surface area (Å²) >= 11 is 0. The summed E-state index contributed by atoms with van der Waals surface area (Å²) in [5, 5.41) is 10.1. The molecule has 2 rings (SSSR count). The van der Waals surface area contributed by atoms with Crippen LogP contribution >= 0.6 is 0 Å². The molecule has 4 heteroatoms. The summed E-state index contributed by atoms with van der Waals surface area (Å²) in [6.07, 6.45) is 0.195. The van der Waals surface area contributed by atoms with Crippen LogP contribution in [0.4, 0.5) is 0 Å². The van der Waals surface area contributed by atoms with Gasteiger partial charge in [-0.25, -0.2) is 0 Å². The number of hydrogen-bond acceptors (Lipinski definition) is 4. The molecule has 0 aromatic heterocycles. The zero-order valence-corrected chi connectivity index (χ0v) is 12.1. The van der Waals surface area contributed by atoms with Crippen molar-refractivity contribution < 1.29 is 14.6 Å². The van der Waals surface area contributed by atoms with Crippen molar-refractivity contribution in [3.05, 3.63) is 29.3 Å². The minimum atomic E-state index is 0.0973. The second-order valence-electron chi connectivity index (χ2n) is 5.24. The van der Waals surface area contributed by atoms with E-state index in [1.807, 2.05) is 25.1 Å². The molecule has 1 fully saturated rings. The molecule has 0 aliphatic carbocycles. The number of phenolic OH excluding ortho intramolecular Hbond substituents is 1. The van der Waals surface area contributed by atoms with Crippen molar-refractivity contribution in [2.75, 3.05) is 27.3 Å². The third-order valence-corrected chi connectivity index (χ3v) is 4.03. The average molecular weight is 265 g/mol. The molecule has 4 nitrogen and oxygen atoms in total. The number of ether oxygens (including phenoxy) is 2. The molecule has 106 valence electrons. The van der Waals surface area contributed by atoms with Gasteiger partial charge in [0.05, 0.1) is 12.2 Å². The summed E-state index contributed by atoms with van der Waals surface area (Å²) in [7, 11) is 3.43.